The number of nitrogens with one attached hydrogen (secondary N) is 1. The summed E-state index contributed by atoms with van der Waals surface area (Å²) in [7, 11) is -4.16. The van der Waals surface area contributed by atoms with Crippen molar-refractivity contribution in [1.29, 1.82) is 0 Å². The van der Waals surface area contributed by atoms with Gasteiger partial charge in [0.2, 0.25) is 10.0 Å². The third-order valence-corrected chi connectivity index (χ3v) is 4.04. The van der Waals surface area contributed by atoms with Crippen LogP contribution in [0.15, 0.2) is 17.0 Å². The summed E-state index contributed by atoms with van der Waals surface area (Å²) < 4.78 is 39.8. The molecule has 0 spiro atoms. The third kappa shape index (κ3) is 3.32. The number of sulfonamides is 1. The number of benzene rings is 1. The smallest absolute Gasteiger partial charge is 0.244 e. The standard InChI is InChI=1S/C10H14ClFN2O3S/c1-10(2,5-15)14-18(16,17)8-4-6(11)3-7(13)9(8)12/h3-4,14-15H,5,13H2,1-2H3. The van der Waals surface area contributed by atoms with Crippen molar-refractivity contribution in [2.45, 2.75) is 24.3 Å². The molecule has 0 aliphatic carbocycles. The maximum absolute atomic E-state index is 13.7. The molecular weight excluding hydrogens is 283 g/mol. The molecule has 1 rings (SSSR count). The average Bonchev–Trinajstić information content (AvgIpc) is 2.21. The monoisotopic (exact) mass is 296 g/mol. The number of aliphatic hydroxyl groups excluding tert-OH is 1. The Bertz CT molecular complexity index is 560. The number of rotatable bonds is 4. The van der Waals surface area contributed by atoms with E-state index in [0.29, 0.717) is 0 Å². The van der Waals surface area contributed by atoms with Crippen LogP contribution in [0.3, 0.4) is 0 Å². The largest absolute Gasteiger partial charge is 0.396 e. The molecule has 0 saturated heterocycles. The topological polar surface area (TPSA) is 92.4 Å². The minimum Gasteiger partial charge on any atom is -0.396 e. The fourth-order valence-electron chi connectivity index (χ4n) is 1.23. The fourth-order valence-corrected chi connectivity index (χ4v) is 3.06. The molecule has 0 radical (unpaired) electrons. The summed E-state index contributed by atoms with van der Waals surface area (Å²) in [4.78, 5) is -0.644. The van der Waals surface area contributed by atoms with Crippen LogP contribution in [-0.2, 0) is 10.0 Å². The molecule has 0 amide bonds. The lowest BCUT2D eigenvalue weighted by atomic mass is 10.1. The molecule has 1 aromatic rings. The van der Waals surface area contributed by atoms with Crippen molar-refractivity contribution in [3.63, 3.8) is 0 Å². The normalized spacial score (nSPS) is 12.7. The highest BCUT2D eigenvalue weighted by Crippen LogP contribution is 2.25. The van der Waals surface area contributed by atoms with E-state index >= 15 is 0 Å². The van der Waals surface area contributed by atoms with E-state index in [4.69, 9.17) is 22.4 Å². The summed E-state index contributed by atoms with van der Waals surface area (Å²) in [6.45, 7) is 2.47. The first-order valence-corrected chi connectivity index (χ1v) is 6.84. The minimum absolute atomic E-state index is 0.0103. The van der Waals surface area contributed by atoms with Gasteiger partial charge in [-0.15, -0.1) is 0 Å². The van der Waals surface area contributed by atoms with E-state index in [-0.39, 0.29) is 10.7 Å². The SMILES string of the molecule is CC(C)(CO)NS(=O)(=O)c1cc(Cl)cc(N)c1F. The molecule has 8 heteroatoms. The van der Waals surface area contributed by atoms with Gasteiger partial charge in [0.05, 0.1) is 17.8 Å². The van der Waals surface area contributed by atoms with Crippen LogP contribution in [0.5, 0.6) is 0 Å². The van der Waals surface area contributed by atoms with Crippen molar-refractivity contribution < 1.29 is 17.9 Å². The van der Waals surface area contributed by atoms with Crippen LogP contribution in [0.1, 0.15) is 13.8 Å². The van der Waals surface area contributed by atoms with Gasteiger partial charge in [-0.2, -0.15) is 0 Å². The van der Waals surface area contributed by atoms with Crippen molar-refractivity contribution >= 4 is 27.3 Å². The molecule has 0 unspecified atom stereocenters. The van der Waals surface area contributed by atoms with Crippen LogP contribution < -0.4 is 10.5 Å². The fraction of sp³-hybridized carbons (Fsp3) is 0.400. The minimum atomic E-state index is -4.16. The van der Waals surface area contributed by atoms with E-state index in [9.17, 15) is 12.8 Å². The van der Waals surface area contributed by atoms with E-state index in [0.717, 1.165) is 12.1 Å². The van der Waals surface area contributed by atoms with Crippen molar-refractivity contribution in [2.75, 3.05) is 12.3 Å². The van der Waals surface area contributed by atoms with Crippen LogP contribution in [-0.4, -0.2) is 25.7 Å². The van der Waals surface area contributed by atoms with Gasteiger partial charge in [-0.3, -0.25) is 0 Å². The molecule has 0 aromatic heterocycles. The Kier molecular flexibility index (Phi) is 4.22. The lowest BCUT2D eigenvalue weighted by Gasteiger charge is -2.23. The van der Waals surface area contributed by atoms with Crippen molar-refractivity contribution in [3.05, 3.63) is 23.0 Å². The van der Waals surface area contributed by atoms with E-state index in [2.05, 4.69) is 4.72 Å². The zero-order valence-electron chi connectivity index (χ0n) is 9.87. The molecule has 5 nitrogen and oxygen atoms in total. The average molecular weight is 297 g/mol. The van der Waals surface area contributed by atoms with E-state index in [1.165, 1.54) is 13.8 Å². The third-order valence-electron chi connectivity index (χ3n) is 2.13. The molecule has 0 atom stereocenters. The molecule has 18 heavy (non-hydrogen) atoms. The molecule has 0 saturated carbocycles. The second-order valence-corrected chi connectivity index (χ2v) is 6.54. The predicted molar refractivity (Wildman–Crippen MR) is 67.3 cm³/mol. The van der Waals surface area contributed by atoms with E-state index in [1.807, 2.05) is 0 Å². The Morgan fingerprint density at radius 1 is 1.50 bits per heavy atom. The zero-order valence-corrected chi connectivity index (χ0v) is 11.4. The molecule has 4 N–H and O–H groups in total. The first-order valence-electron chi connectivity index (χ1n) is 4.98. The van der Waals surface area contributed by atoms with Gasteiger partial charge in [0.15, 0.2) is 5.82 Å². The lowest BCUT2D eigenvalue weighted by Crippen LogP contribution is -2.46. The van der Waals surface area contributed by atoms with Gasteiger partial charge < -0.3 is 10.8 Å². The maximum atomic E-state index is 13.7. The van der Waals surface area contributed by atoms with Gasteiger partial charge in [0.25, 0.3) is 0 Å². The molecule has 0 heterocycles. The van der Waals surface area contributed by atoms with Crippen LogP contribution in [0.2, 0.25) is 5.02 Å². The molecule has 0 aliphatic rings. The Labute approximate surface area is 110 Å². The first kappa shape index (κ1) is 15.2. The zero-order chi connectivity index (χ0) is 14.1. The van der Waals surface area contributed by atoms with Crippen molar-refractivity contribution in [1.82, 2.24) is 4.72 Å². The molecule has 102 valence electrons. The summed E-state index contributed by atoms with van der Waals surface area (Å²) in [5.74, 6) is -1.07. The quantitative estimate of drug-likeness (QED) is 0.726. The Balaban J connectivity index is 3.30. The number of hydrogen-bond acceptors (Lipinski definition) is 4. The Morgan fingerprint density at radius 2 is 2.06 bits per heavy atom. The van der Waals surface area contributed by atoms with Crippen LogP contribution in [0, 0.1) is 5.82 Å². The predicted octanol–water partition coefficient (Wildman–Crippen LogP) is 1.11. The molecule has 0 bridgehead atoms. The van der Waals surface area contributed by atoms with Gasteiger partial charge in [0.1, 0.15) is 4.90 Å². The van der Waals surface area contributed by atoms with Crippen LogP contribution >= 0.6 is 11.6 Å². The van der Waals surface area contributed by atoms with Gasteiger partial charge >= 0.3 is 0 Å². The lowest BCUT2D eigenvalue weighted by molar-refractivity contribution is 0.208. The van der Waals surface area contributed by atoms with Crippen LogP contribution in [0.4, 0.5) is 10.1 Å². The number of nitrogens with two attached hydrogens (primary N) is 1. The Morgan fingerprint density at radius 3 is 2.56 bits per heavy atom. The second-order valence-electron chi connectivity index (χ2n) is 4.45. The van der Waals surface area contributed by atoms with Gasteiger partial charge in [-0.25, -0.2) is 17.5 Å². The highest BCUT2D eigenvalue weighted by Gasteiger charge is 2.28. The van der Waals surface area contributed by atoms with E-state index < -0.39 is 32.9 Å². The number of nitrogen functional groups attached to an aromatic ring is 1. The number of anilines is 1. The second kappa shape index (κ2) is 5.00. The highest BCUT2D eigenvalue weighted by atomic mass is 35.5. The summed E-state index contributed by atoms with van der Waals surface area (Å²) in [5.41, 5.74) is 3.83. The maximum Gasteiger partial charge on any atom is 0.244 e. The molecule has 1 aromatic carbocycles. The van der Waals surface area contributed by atoms with Gasteiger partial charge in [-0.1, -0.05) is 11.6 Å². The number of hydrogen-bond donors (Lipinski definition) is 3. The first-order chi connectivity index (χ1) is 8.09. The van der Waals surface area contributed by atoms with Gasteiger partial charge in [0, 0.05) is 5.02 Å². The number of aliphatic hydroxyl groups is 1. The summed E-state index contributed by atoms with van der Waals surface area (Å²) in [5, 5.41) is 9.02. The van der Waals surface area contributed by atoms with Crippen LogP contribution in [0.25, 0.3) is 0 Å². The number of halogens is 2. The summed E-state index contributed by atoms with van der Waals surface area (Å²) in [6.07, 6.45) is 0. The highest BCUT2D eigenvalue weighted by molar-refractivity contribution is 7.89. The van der Waals surface area contributed by atoms with Crippen molar-refractivity contribution in [3.8, 4) is 0 Å². The molecule has 0 fully saturated rings. The summed E-state index contributed by atoms with van der Waals surface area (Å²) in [6, 6.07) is 2.08. The molecule has 0 aliphatic heterocycles. The van der Waals surface area contributed by atoms with Gasteiger partial charge in [-0.05, 0) is 26.0 Å². The summed E-state index contributed by atoms with van der Waals surface area (Å²) >= 11 is 5.64. The van der Waals surface area contributed by atoms with E-state index in [1.54, 1.807) is 0 Å². The Hall–Kier alpha value is -0.890. The molecular formula is C10H14ClFN2O3S. The van der Waals surface area contributed by atoms with Crippen molar-refractivity contribution in [2.24, 2.45) is 0 Å².